The summed E-state index contributed by atoms with van der Waals surface area (Å²) in [6.45, 7) is 3.70. The van der Waals surface area contributed by atoms with Crippen molar-refractivity contribution in [1.29, 1.82) is 0 Å². The Kier molecular flexibility index (Phi) is 4.97. The Hall–Kier alpha value is -2.90. The van der Waals surface area contributed by atoms with Crippen LogP contribution in [0.1, 0.15) is 25.5 Å². The van der Waals surface area contributed by atoms with Gasteiger partial charge in [0.1, 0.15) is 17.8 Å². The molecule has 1 aliphatic heterocycles. The molecule has 0 aliphatic carbocycles. The van der Waals surface area contributed by atoms with E-state index in [1.54, 1.807) is 18.5 Å². The van der Waals surface area contributed by atoms with E-state index in [2.05, 4.69) is 27.1 Å². The van der Waals surface area contributed by atoms with Crippen LogP contribution in [0, 0.1) is 10.1 Å². The van der Waals surface area contributed by atoms with Crippen molar-refractivity contribution >= 4 is 22.9 Å². The minimum absolute atomic E-state index is 0.0432. The number of benzene rings is 1. The Bertz CT molecular complexity index is 767. The molecule has 1 aliphatic rings. The molecule has 0 amide bonds. The van der Waals surface area contributed by atoms with Crippen molar-refractivity contribution in [3.8, 4) is 0 Å². The van der Waals surface area contributed by atoms with Crippen molar-refractivity contribution in [3.05, 3.63) is 46.4 Å². The summed E-state index contributed by atoms with van der Waals surface area (Å²) in [6.07, 6.45) is 4.38. The predicted octanol–water partition coefficient (Wildman–Crippen LogP) is 2.61. The second kappa shape index (κ2) is 7.33. The Labute approximate surface area is 146 Å². The molecule has 1 unspecified atom stereocenters. The Morgan fingerprint density at radius 1 is 1.40 bits per heavy atom. The van der Waals surface area contributed by atoms with Crippen molar-refractivity contribution < 1.29 is 4.92 Å². The maximum Gasteiger partial charge on any atom is 0.292 e. The van der Waals surface area contributed by atoms with Crippen LogP contribution in [0.4, 0.5) is 22.9 Å². The van der Waals surface area contributed by atoms with E-state index in [4.69, 9.17) is 5.73 Å². The molecule has 0 radical (unpaired) electrons. The summed E-state index contributed by atoms with van der Waals surface area (Å²) in [7, 11) is 0. The fraction of sp³-hybridized carbons (Fsp3) is 0.412. The minimum Gasteiger partial charge on any atom is -0.399 e. The third-order valence-electron chi connectivity index (χ3n) is 4.39. The molecule has 1 saturated heterocycles. The zero-order valence-electron chi connectivity index (χ0n) is 14.2. The number of hydrogen-bond donors (Lipinski definition) is 2. The highest BCUT2D eigenvalue weighted by Crippen LogP contribution is 2.29. The van der Waals surface area contributed by atoms with Gasteiger partial charge in [-0.05, 0) is 31.4 Å². The Balaban J connectivity index is 1.76. The number of piperidine rings is 1. The smallest absolute Gasteiger partial charge is 0.292 e. The first-order valence-corrected chi connectivity index (χ1v) is 8.43. The molecule has 8 heteroatoms. The normalized spacial score (nSPS) is 17.3. The zero-order valence-corrected chi connectivity index (χ0v) is 14.2. The number of nitrogens with zero attached hydrogens (tertiary/aromatic N) is 4. The molecule has 2 aromatic rings. The van der Waals surface area contributed by atoms with Crippen LogP contribution in [0.25, 0.3) is 0 Å². The van der Waals surface area contributed by atoms with Crippen molar-refractivity contribution in [2.75, 3.05) is 29.0 Å². The lowest BCUT2D eigenvalue weighted by atomic mass is 10.0. The van der Waals surface area contributed by atoms with Gasteiger partial charge in [0.25, 0.3) is 5.69 Å². The first-order chi connectivity index (χ1) is 12.1. The molecular weight excluding hydrogens is 320 g/mol. The third kappa shape index (κ3) is 3.96. The number of anilines is 3. The Morgan fingerprint density at radius 2 is 2.24 bits per heavy atom. The molecule has 1 aromatic carbocycles. The van der Waals surface area contributed by atoms with E-state index < -0.39 is 0 Å². The fourth-order valence-electron chi connectivity index (χ4n) is 3.10. The molecule has 1 fully saturated rings. The molecule has 132 valence electrons. The highest BCUT2D eigenvalue weighted by Gasteiger charge is 2.24. The molecule has 3 N–H and O–H groups in total. The van der Waals surface area contributed by atoms with E-state index in [1.165, 1.54) is 6.07 Å². The van der Waals surface area contributed by atoms with E-state index in [-0.39, 0.29) is 16.7 Å². The van der Waals surface area contributed by atoms with E-state index in [9.17, 15) is 10.1 Å². The number of hydrogen-bond acceptors (Lipinski definition) is 7. The number of aromatic nitrogens is 2. The summed E-state index contributed by atoms with van der Waals surface area (Å²) in [6, 6.07) is 6.71. The summed E-state index contributed by atoms with van der Waals surface area (Å²) in [5, 5.41) is 14.5. The molecule has 2 heterocycles. The molecule has 8 nitrogen and oxygen atoms in total. The van der Waals surface area contributed by atoms with E-state index in [0.717, 1.165) is 43.9 Å². The summed E-state index contributed by atoms with van der Waals surface area (Å²) in [4.78, 5) is 21.6. The average Bonchev–Trinajstić information content (AvgIpc) is 2.62. The van der Waals surface area contributed by atoms with Gasteiger partial charge in [-0.25, -0.2) is 9.97 Å². The second-order valence-electron chi connectivity index (χ2n) is 6.18. The largest absolute Gasteiger partial charge is 0.399 e. The van der Waals surface area contributed by atoms with E-state index in [0.29, 0.717) is 11.4 Å². The first-order valence-electron chi connectivity index (χ1n) is 8.43. The van der Waals surface area contributed by atoms with E-state index in [1.807, 2.05) is 6.07 Å². The predicted molar refractivity (Wildman–Crippen MR) is 97.8 cm³/mol. The highest BCUT2D eigenvalue weighted by molar-refractivity contribution is 5.67. The van der Waals surface area contributed by atoms with Crippen molar-refractivity contribution in [2.45, 2.75) is 32.2 Å². The van der Waals surface area contributed by atoms with Crippen molar-refractivity contribution in [1.82, 2.24) is 9.97 Å². The van der Waals surface area contributed by atoms with Crippen LogP contribution in [0.3, 0.4) is 0 Å². The van der Waals surface area contributed by atoms with Gasteiger partial charge in [-0.1, -0.05) is 6.92 Å². The average molecular weight is 342 g/mol. The van der Waals surface area contributed by atoms with Gasteiger partial charge < -0.3 is 16.0 Å². The second-order valence-corrected chi connectivity index (χ2v) is 6.18. The number of nitro benzene ring substituents is 1. The lowest BCUT2D eigenvalue weighted by molar-refractivity contribution is -0.384. The number of nitro groups is 1. The molecule has 3 rings (SSSR count). The molecule has 0 spiro atoms. The molecule has 1 atom stereocenters. The fourth-order valence-corrected chi connectivity index (χ4v) is 3.10. The molecule has 1 aromatic heterocycles. The first kappa shape index (κ1) is 16.9. The monoisotopic (exact) mass is 342 g/mol. The number of nitrogens with one attached hydrogen (secondary N) is 1. The van der Waals surface area contributed by atoms with Crippen molar-refractivity contribution in [3.63, 3.8) is 0 Å². The van der Waals surface area contributed by atoms with Gasteiger partial charge in [-0.3, -0.25) is 10.1 Å². The lowest BCUT2D eigenvalue weighted by Crippen LogP contribution is -2.42. The third-order valence-corrected chi connectivity index (χ3v) is 4.39. The van der Waals surface area contributed by atoms with Crippen LogP contribution in [0.15, 0.2) is 30.6 Å². The van der Waals surface area contributed by atoms with Crippen LogP contribution >= 0.6 is 0 Å². The van der Waals surface area contributed by atoms with Gasteiger partial charge in [0.2, 0.25) is 0 Å². The summed E-state index contributed by atoms with van der Waals surface area (Å²) >= 11 is 0. The van der Waals surface area contributed by atoms with Crippen LogP contribution in [-0.4, -0.2) is 34.0 Å². The number of nitrogen functional groups attached to an aromatic ring is 1. The maximum atomic E-state index is 11.2. The summed E-state index contributed by atoms with van der Waals surface area (Å²) in [5.74, 6) is 0.903. The van der Waals surface area contributed by atoms with Crippen LogP contribution < -0.4 is 16.0 Å². The summed E-state index contributed by atoms with van der Waals surface area (Å²) in [5.41, 5.74) is 7.81. The van der Waals surface area contributed by atoms with Crippen LogP contribution in [-0.2, 0) is 6.42 Å². The van der Waals surface area contributed by atoms with Gasteiger partial charge in [-0.2, -0.15) is 0 Å². The number of nitrogens with two attached hydrogens (primary N) is 1. The SMILES string of the molecule is CCc1cc(N2CCCC(Nc3cc(N)ccc3[N+](=O)[O-])C2)ncn1. The van der Waals surface area contributed by atoms with Gasteiger partial charge >= 0.3 is 0 Å². The van der Waals surface area contributed by atoms with E-state index >= 15 is 0 Å². The van der Waals surface area contributed by atoms with Crippen LogP contribution in [0.5, 0.6) is 0 Å². The van der Waals surface area contributed by atoms with Gasteiger partial charge in [0, 0.05) is 42.6 Å². The minimum atomic E-state index is -0.389. The van der Waals surface area contributed by atoms with Gasteiger partial charge in [0.05, 0.1) is 4.92 Å². The molecular formula is C17H22N6O2. The Morgan fingerprint density at radius 3 is 3.00 bits per heavy atom. The zero-order chi connectivity index (χ0) is 17.8. The quantitative estimate of drug-likeness (QED) is 0.488. The summed E-state index contributed by atoms with van der Waals surface area (Å²) < 4.78 is 0. The van der Waals surface area contributed by atoms with Gasteiger partial charge in [-0.15, -0.1) is 0 Å². The molecule has 25 heavy (non-hydrogen) atoms. The standard InChI is InChI=1S/C17H22N6O2/c1-2-13-9-17(20-11-19-13)22-7-3-4-14(10-22)21-15-8-12(18)5-6-16(15)23(24)25/h5-6,8-9,11,14,21H,2-4,7,10,18H2,1H3. The topological polar surface area (TPSA) is 110 Å². The highest BCUT2D eigenvalue weighted by atomic mass is 16.6. The van der Waals surface area contributed by atoms with Crippen molar-refractivity contribution in [2.24, 2.45) is 0 Å². The lowest BCUT2D eigenvalue weighted by Gasteiger charge is -2.34. The maximum absolute atomic E-state index is 11.2. The number of rotatable bonds is 5. The molecule has 0 bridgehead atoms. The number of aryl methyl sites for hydroxylation is 1. The van der Waals surface area contributed by atoms with Gasteiger partial charge in [0.15, 0.2) is 0 Å². The molecule has 0 saturated carbocycles. The van der Waals surface area contributed by atoms with Crippen LogP contribution in [0.2, 0.25) is 0 Å².